The van der Waals surface area contributed by atoms with Crippen LogP contribution < -0.4 is 5.32 Å². The van der Waals surface area contributed by atoms with Gasteiger partial charge < -0.3 is 19.9 Å². The maximum atomic E-state index is 12.0. The molecular formula is C14H26N4O2. The number of carbonyl (C=O) groups is 1. The lowest BCUT2D eigenvalue weighted by Gasteiger charge is -2.25. The molecule has 2 rings (SSSR count). The third-order valence-corrected chi connectivity index (χ3v) is 3.99. The van der Waals surface area contributed by atoms with Crippen LogP contribution in [0.2, 0.25) is 0 Å². The zero-order valence-electron chi connectivity index (χ0n) is 12.6. The summed E-state index contributed by atoms with van der Waals surface area (Å²) in [5, 5.41) is 3.16. The highest BCUT2D eigenvalue weighted by molar-refractivity contribution is 5.86. The van der Waals surface area contributed by atoms with E-state index in [1.54, 1.807) is 7.05 Å². The zero-order chi connectivity index (χ0) is 14.4. The number of aliphatic imine (C=N–C) groups is 1. The van der Waals surface area contributed by atoms with Gasteiger partial charge in [0, 0.05) is 46.3 Å². The lowest BCUT2D eigenvalue weighted by molar-refractivity contribution is -0.128. The van der Waals surface area contributed by atoms with Gasteiger partial charge in [-0.3, -0.25) is 9.79 Å². The SMILES string of the molecule is CN=C(NCC(=O)N1CCCC1)N(C)CC1CCOC1. The first kappa shape index (κ1) is 15.1. The molecule has 0 radical (unpaired) electrons. The molecule has 2 saturated heterocycles. The Hall–Kier alpha value is -1.30. The van der Waals surface area contributed by atoms with Gasteiger partial charge in [0.15, 0.2) is 5.96 Å². The molecule has 2 heterocycles. The second kappa shape index (κ2) is 7.47. The van der Waals surface area contributed by atoms with Crippen molar-refractivity contribution in [2.75, 3.05) is 53.5 Å². The summed E-state index contributed by atoms with van der Waals surface area (Å²) in [6.07, 6.45) is 3.36. The minimum absolute atomic E-state index is 0.168. The molecule has 20 heavy (non-hydrogen) atoms. The second-order valence-corrected chi connectivity index (χ2v) is 5.60. The van der Waals surface area contributed by atoms with E-state index in [9.17, 15) is 4.79 Å². The molecular weight excluding hydrogens is 256 g/mol. The van der Waals surface area contributed by atoms with Crippen molar-refractivity contribution in [3.63, 3.8) is 0 Å². The predicted molar refractivity (Wildman–Crippen MR) is 78.7 cm³/mol. The molecule has 0 aromatic carbocycles. The van der Waals surface area contributed by atoms with Crippen molar-refractivity contribution in [2.45, 2.75) is 19.3 Å². The summed E-state index contributed by atoms with van der Waals surface area (Å²) in [7, 11) is 3.76. The van der Waals surface area contributed by atoms with E-state index in [-0.39, 0.29) is 5.91 Å². The van der Waals surface area contributed by atoms with Gasteiger partial charge in [-0.2, -0.15) is 0 Å². The zero-order valence-corrected chi connectivity index (χ0v) is 12.6. The number of rotatable bonds is 4. The van der Waals surface area contributed by atoms with E-state index >= 15 is 0 Å². The fourth-order valence-electron chi connectivity index (χ4n) is 2.82. The van der Waals surface area contributed by atoms with Gasteiger partial charge in [-0.05, 0) is 19.3 Å². The van der Waals surface area contributed by atoms with Gasteiger partial charge in [-0.1, -0.05) is 0 Å². The standard InChI is InChI=1S/C14H26N4O2/c1-15-14(17(2)10-12-5-8-20-11-12)16-9-13(19)18-6-3-4-7-18/h12H,3-11H2,1-2H3,(H,15,16). The van der Waals surface area contributed by atoms with E-state index in [0.29, 0.717) is 12.5 Å². The molecule has 1 unspecified atom stereocenters. The topological polar surface area (TPSA) is 57.2 Å². The van der Waals surface area contributed by atoms with E-state index in [0.717, 1.165) is 58.1 Å². The second-order valence-electron chi connectivity index (χ2n) is 5.60. The van der Waals surface area contributed by atoms with Crippen molar-refractivity contribution in [1.82, 2.24) is 15.1 Å². The highest BCUT2D eigenvalue weighted by Crippen LogP contribution is 2.13. The molecule has 2 aliphatic heterocycles. The molecule has 1 amide bonds. The number of hydrogen-bond acceptors (Lipinski definition) is 3. The summed E-state index contributed by atoms with van der Waals surface area (Å²) in [6.45, 7) is 4.73. The molecule has 0 bridgehead atoms. The van der Waals surface area contributed by atoms with Gasteiger partial charge in [0.05, 0.1) is 13.2 Å². The van der Waals surface area contributed by atoms with Crippen molar-refractivity contribution in [3.05, 3.63) is 0 Å². The average Bonchev–Trinajstić information content (AvgIpc) is 3.12. The van der Waals surface area contributed by atoms with Crippen LogP contribution in [0.1, 0.15) is 19.3 Å². The Morgan fingerprint density at radius 3 is 2.80 bits per heavy atom. The van der Waals surface area contributed by atoms with Crippen LogP contribution in [0.25, 0.3) is 0 Å². The number of carbonyl (C=O) groups excluding carboxylic acids is 1. The molecule has 1 atom stereocenters. The molecule has 0 saturated carbocycles. The Bertz CT molecular complexity index is 347. The summed E-state index contributed by atoms with van der Waals surface area (Å²) in [4.78, 5) is 20.3. The Morgan fingerprint density at radius 2 is 2.20 bits per heavy atom. The lowest BCUT2D eigenvalue weighted by Crippen LogP contribution is -2.46. The van der Waals surface area contributed by atoms with Gasteiger partial charge in [-0.25, -0.2) is 0 Å². The van der Waals surface area contributed by atoms with Crippen LogP contribution in [-0.4, -0.2) is 75.2 Å². The van der Waals surface area contributed by atoms with Crippen molar-refractivity contribution in [1.29, 1.82) is 0 Å². The third-order valence-electron chi connectivity index (χ3n) is 3.99. The molecule has 0 aromatic heterocycles. The first-order chi connectivity index (χ1) is 9.70. The largest absolute Gasteiger partial charge is 0.381 e. The summed E-state index contributed by atoms with van der Waals surface area (Å²) in [5.41, 5.74) is 0. The van der Waals surface area contributed by atoms with Crippen LogP contribution in [0.4, 0.5) is 0 Å². The van der Waals surface area contributed by atoms with Crippen molar-refractivity contribution >= 4 is 11.9 Å². The smallest absolute Gasteiger partial charge is 0.241 e. The molecule has 0 aromatic rings. The van der Waals surface area contributed by atoms with E-state index in [4.69, 9.17) is 4.74 Å². The molecule has 1 N–H and O–H groups in total. The predicted octanol–water partition coefficient (Wildman–Crippen LogP) is 0.153. The van der Waals surface area contributed by atoms with Crippen molar-refractivity contribution in [2.24, 2.45) is 10.9 Å². The minimum atomic E-state index is 0.168. The lowest BCUT2D eigenvalue weighted by atomic mass is 10.1. The Labute approximate surface area is 121 Å². The summed E-state index contributed by atoms with van der Waals surface area (Å²) in [5.74, 6) is 1.51. The van der Waals surface area contributed by atoms with E-state index in [2.05, 4.69) is 15.2 Å². The van der Waals surface area contributed by atoms with Gasteiger partial charge in [0.2, 0.25) is 5.91 Å². The molecule has 0 aliphatic carbocycles. The molecule has 2 aliphatic rings. The first-order valence-electron chi connectivity index (χ1n) is 7.48. The fourth-order valence-corrected chi connectivity index (χ4v) is 2.82. The van der Waals surface area contributed by atoms with Gasteiger partial charge >= 0.3 is 0 Å². The van der Waals surface area contributed by atoms with Gasteiger partial charge in [0.25, 0.3) is 0 Å². The van der Waals surface area contributed by atoms with Crippen LogP contribution in [0, 0.1) is 5.92 Å². The number of guanidine groups is 1. The Kier molecular flexibility index (Phi) is 5.64. The van der Waals surface area contributed by atoms with Crippen LogP contribution in [0.3, 0.4) is 0 Å². The number of nitrogens with one attached hydrogen (secondary N) is 1. The summed E-state index contributed by atoms with van der Waals surface area (Å²) >= 11 is 0. The van der Waals surface area contributed by atoms with Crippen LogP contribution in [0.15, 0.2) is 4.99 Å². The first-order valence-corrected chi connectivity index (χ1v) is 7.48. The summed E-state index contributed by atoms with van der Waals surface area (Å²) < 4.78 is 5.39. The number of nitrogens with zero attached hydrogens (tertiary/aromatic N) is 3. The number of ether oxygens (including phenoxy) is 1. The quantitative estimate of drug-likeness (QED) is 0.589. The maximum Gasteiger partial charge on any atom is 0.241 e. The molecule has 6 heteroatoms. The van der Waals surface area contributed by atoms with Crippen molar-refractivity contribution in [3.8, 4) is 0 Å². The van der Waals surface area contributed by atoms with Gasteiger partial charge in [-0.15, -0.1) is 0 Å². The highest BCUT2D eigenvalue weighted by Gasteiger charge is 2.21. The summed E-state index contributed by atoms with van der Waals surface area (Å²) in [6, 6.07) is 0. The number of hydrogen-bond donors (Lipinski definition) is 1. The highest BCUT2D eigenvalue weighted by atomic mass is 16.5. The normalized spacial score (nSPS) is 23.2. The molecule has 2 fully saturated rings. The number of likely N-dealkylation sites (tertiary alicyclic amines) is 1. The average molecular weight is 282 g/mol. The van der Waals surface area contributed by atoms with E-state index < -0.39 is 0 Å². The fraction of sp³-hybridized carbons (Fsp3) is 0.857. The van der Waals surface area contributed by atoms with Gasteiger partial charge in [0.1, 0.15) is 0 Å². The van der Waals surface area contributed by atoms with Crippen molar-refractivity contribution < 1.29 is 9.53 Å². The maximum absolute atomic E-state index is 12.0. The monoisotopic (exact) mass is 282 g/mol. The van der Waals surface area contributed by atoms with E-state index in [1.165, 1.54) is 0 Å². The minimum Gasteiger partial charge on any atom is -0.381 e. The Morgan fingerprint density at radius 1 is 1.45 bits per heavy atom. The van der Waals surface area contributed by atoms with Crippen LogP contribution >= 0.6 is 0 Å². The molecule has 0 spiro atoms. The van der Waals surface area contributed by atoms with Crippen LogP contribution in [-0.2, 0) is 9.53 Å². The molecule has 6 nitrogen and oxygen atoms in total. The van der Waals surface area contributed by atoms with E-state index in [1.807, 2.05) is 11.9 Å². The Balaban J connectivity index is 1.74. The third kappa shape index (κ3) is 4.10. The molecule has 114 valence electrons. The number of amides is 1. The van der Waals surface area contributed by atoms with Crippen LogP contribution in [0.5, 0.6) is 0 Å².